The molecule has 0 atom stereocenters. The van der Waals surface area contributed by atoms with Crippen molar-refractivity contribution in [2.45, 2.75) is 6.92 Å². The number of aryl methyl sites for hydroxylation is 1. The largest absolute Gasteiger partial charge is 0.462 e. The summed E-state index contributed by atoms with van der Waals surface area (Å²) in [6.45, 7) is 3.64. The van der Waals surface area contributed by atoms with Gasteiger partial charge in [-0.1, -0.05) is 15.9 Å². The number of anilines is 1. The first kappa shape index (κ1) is 10.5. The standard InChI is InChI=1S/C11H12BrNO2/c1-8-6-9(2-3-10(8)12)13-4-5-15-11(14)7-13/h2-3,6H,4-5,7H2,1H3. The Morgan fingerprint density at radius 1 is 1.47 bits per heavy atom. The number of hydrogen-bond acceptors (Lipinski definition) is 3. The van der Waals surface area contributed by atoms with Gasteiger partial charge in [0, 0.05) is 10.2 Å². The summed E-state index contributed by atoms with van der Waals surface area (Å²) in [6.07, 6.45) is 0. The lowest BCUT2D eigenvalue weighted by Gasteiger charge is -2.28. The SMILES string of the molecule is Cc1cc(N2CCOC(=O)C2)ccc1Br. The molecule has 0 aliphatic carbocycles. The number of halogens is 1. The second-order valence-electron chi connectivity index (χ2n) is 3.58. The predicted octanol–water partition coefficient (Wildman–Crippen LogP) is 2.12. The maximum atomic E-state index is 11.1. The molecule has 1 heterocycles. The number of cyclic esters (lactones) is 1. The van der Waals surface area contributed by atoms with Gasteiger partial charge in [0.25, 0.3) is 0 Å². The molecule has 4 heteroatoms. The van der Waals surface area contributed by atoms with Crippen LogP contribution < -0.4 is 4.90 Å². The monoisotopic (exact) mass is 269 g/mol. The lowest BCUT2D eigenvalue weighted by Crippen LogP contribution is -2.39. The van der Waals surface area contributed by atoms with Gasteiger partial charge in [0.2, 0.25) is 0 Å². The molecule has 0 saturated carbocycles. The van der Waals surface area contributed by atoms with Crippen LogP contribution in [0.1, 0.15) is 5.56 Å². The van der Waals surface area contributed by atoms with Crippen LogP contribution in [0.2, 0.25) is 0 Å². The minimum absolute atomic E-state index is 0.151. The van der Waals surface area contributed by atoms with Crippen molar-refractivity contribution >= 4 is 27.6 Å². The van der Waals surface area contributed by atoms with E-state index in [-0.39, 0.29) is 5.97 Å². The molecule has 15 heavy (non-hydrogen) atoms. The van der Waals surface area contributed by atoms with E-state index < -0.39 is 0 Å². The van der Waals surface area contributed by atoms with E-state index in [1.54, 1.807) is 0 Å². The zero-order chi connectivity index (χ0) is 10.8. The molecule has 0 bridgehead atoms. The molecule has 1 aliphatic rings. The van der Waals surface area contributed by atoms with Gasteiger partial charge in [-0.15, -0.1) is 0 Å². The molecule has 1 aromatic rings. The molecule has 0 spiro atoms. The van der Waals surface area contributed by atoms with Gasteiger partial charge >= 0.3 is 5.97 Å². The maximum Gasteiger partial charge on any atom is 0.325 e. The molecular weight excluding hydrogens is 258 g/mol. The zero-order valence-electron chi connectivity index (χ0n) is 8.50. The normalized spacial score (nSPS) is 16.4. The van der Waals surface area contributed by atoms with E-state index in [2.05, 4.69) is 22.0 Å². The number of rotatable bonds is 1. The molecule has 1 fully saturated rings. The van der Waals surface area contributed by atoms with E-state index in [9.17, 15) is 4.79 Å². The van der Waals surface area contributed by atoms with Gasteiger partial charge in [0.05, 0.1) is 6.54 Å². The second-order valence-corrected chi connectivity index (χ2v) is 4.43. The van der Waals surface area contributed by atoms with Crippen molar-refractivity contribution in [2.24, 2.45) is 0 Å². The minimum atomic E-state index is -0.151. The fourth-order valence-electron chi connectivity index (χ4n) is 1.60. The Hall–Kier alpha value is -1.03. The summed E-state index contributed by atoms with van der Waals surface area (Å²) in [5.41, 5.74) is 2.25. The number of ether oxygens (including phenoxy) is 1. The highest BCUT2D eigenvalue weighted by Gasteiger charge is 2.18. The average Bonchev–Trinajstić information content (AvgIpc) is 2.22. The Balaban J connectivity index is 2.21. The number of esters is 1. The Morgan fingerprint density at radius 3 is 2.93 bits per heavy atom. The van der Waals surface area contributed by atoms with Crippen LogP contribution in [-0.2, 0) is 9.53 Å². The predicted molar refractivity (Wildman–Crippen MR) is 62.1 cm³/mol. The van der Waals surface area contributed by atoms with Gasteiger partial charge < -0.3 is 9.64 Å². The van der Waals surface area contributed by atoms with Crippen LogP contribution in [0.4, 0.5) is 5.69 Å². The van der Waals surface area contributed by atoms with E-state index in [1.165, 1.54) is 5.56 Å². The number of carbonyl (C=O) groups excluding carboxylic acids is 1. The molecule has 3 nitrogen and oxygen atoms in total. The average molecular weight is 270 g/mol. The van der Waals surface area contributed by atoms with Crippen molar-refractivity contribution in [2.75, 3.05) is 24.6 Å². The van der Waals surface area contributed by atoms with Gasteiger partial charge in [-0.3, -0.25) is 4.79 Å². The fraction of sp³-hybridized carbons (Fsp3) is 0.364. The van der Waals surface area contributed by atoms with Gasteiger partial charge in [0.15, 0.2) is 0 Å². The van der Waals surface area contributed by atoms with Crippen LogP contribution in [-0.4, -0.2) is 25.7 Å². The van der Waals surface area contributed by atoms with Crippen LogP contribution in [0.15, 0.2) is 22.7 Å². The summed E-state index contributed by atoms with van der Waals surface area (Å²) in [7, 11) is 0. The van der Waals surface area contributed by atoms with Gasteiger partial charge in [-0.05, 0) is 30.7 Å². The van der Waals surface area contributed by atoms with Gasteiger partial charge in [-0.2, -0.15) is 0 Å². The van der Waals surface area contributed by atoms with Crippen molar-refractivity contribution in [3.8, 4) is 0 Å². The topological polar surface area (TPSA) is 29.5 Å². The van der Waals surface area contributed by atoms with Crippen LogP contribution >= 0.6 is 15.9 Å². The van der Waals surface area contributed by atoms with E-state index in [4.69, 9.17) is 4.74 Å². The molecule has 0 radical (unpaired) electrons. The Morgan fingerprint density at radius 2 is 2.27 bits per heavy atom. The number of nitrogens with zero attached hydrogens (tertiary/aromatic N) is 1. The molecule has 2 rings (SSSR count). The van der Waals surface area contributed by atoms with Gasteiger partial charge in [-0.25, -0.2) is 0 Å². The van der Waals surface area contributed by atoms with Crippen molar-refractivity contribution in [3.63, 3.8) is 0 Å². The van der Waals surface area contributed by atoms with Crippen molar-refractivity contribution in [1.29, 1.82) is 0 Å². The number of hydrogen-bond donors (Lipinski definition) is 0. The quantitative estimate of drug-likeness (QED) is 0.732. The van der Waals surface area contributed by atoms with Gasteiger partial charge in [0.1, 0.15) is 13.2 Å². The molecule has 0 unspecified atom stereocenters. The summed E-state index contributed by atoms with van der Waals surface area (Å²) in [4.78, 5) is 13.2. The van der Waals surface area contributed by atoms with Crippen LogP contribution in [0, 0.1) is 6.92 Å². The highest BCUT2D eigenvalue weighted by atomic mass is 79.9. The second kappa shape index (κ2) is 4.23. The lowest BCUT2D eigenvalue weighted by atomic mass is 10.2. The zero-order valence-corrected chi connectivity index (χ0v) is 10.1. The maximum absolute atomic E-state index is 11.1. The molecular formula is C11H12BrNO2. The number of morpholine rings is 1. The molecule has 1 aliphatic heterocycles. The van der Waals surface area contributed by atoms with E-state index in [0.717, 1.165) is 16.7 Å². The lowest BCUT2D eigenvalue weighted by molar-refractivity contribution is -0.143. The summed E-state index contributed by atoms with van der Waals surface area (Å²) in [6, 6.07) is 6.09. The smallest absolute Gasteiger partial charge is 0.325 e. The first-order valence-corrected chi connectivity index (χ1v) is 5.63. The Bertz CT molecular complexity index is 392. The first-order chi connectivity index (χ1) is 7.16. The van der Waals surface area contributed by atoms with Crippen molar-refractivity contribution in [3.05, 3.63) is 28.2 Å². The Labute approximate surface area is 97.2 Å². The third-order valence-electron chi connectivity index (χ3n) is 2.45. The van der Waals surface area contributed by atoms with Crippen LogP contribution in [0.3, 0.4) is 0 Å². The summed E-state index contributed by atoms with van der Waals surface area (Å²) in [5, 5.41) is 0. The molecule has 0 N–H and O–H groups in total. The summed E-state index contributed by atoms with van der Waals surface area (Å²) in [5.74, 6) is -0.151. The molecule has 0 aromatic heterocycles. The molecule has 80 valence electrons. The van der Waals surface area contributed by atoms with E-state index in [1.807, 2.05) is 24.0 Å². The highest BCUT2D eigenvalue weighted by molar-refractivity contribution is 9.10. The van der Waals surface area contributed by atoms with E-state index >= 15 is 0 Å². The van der Waals surface area contributed by atoms with Crippen molar-refractivity contribution in [1.82, 2.24) is 0 Å². The summed E-state index contributed by atoms with van der Waals surface area (Å²) >= 11 is 3.46. The minimum Gasteiger partial charge on any atom is -0.462 e. The molecule has 1 aromatic carbocycles. The van der Waals surface area contributed by atoms with Crippen molar-refractivity contribution < 1.29 is 9.53 Å². The Kier molecular flexibility index (Phi) is 2.95. The number of benzene rings is 1. The summed E-state index contributed by atoms with van der Waals surface area (Å²) < 4.78 is 5.98. The van der Waals surface area contributed by atoms with Crippen LogP contribution in [0.5, 0.6) is 0 Å². The number of carbonyl (C=O) groups is 1. The molecule has 0 amide bonds. The third kappa shape index (κ3) is 2.31. The molecule has 1 saturated heterocycles. The fourth-order valence-corrected chi connectivity index (χ4v) is 1.84. The van der Waals surface area contributed by atoms with Crippen LogP contribution in [0.25, 0.3) is 0 Å². The first-order valence-electron chi connectivity index (χ1n) is 4.83. The highest BCUT2D eigenvalue weighted by Crippen LogP contribution is 2.23. The third-order valence-corrected chi connectivity index (χ3v) is 3.34. The van der Waals surface area contributed by atoms with E-state index in [0.29, 0.717) is 13.2 Å².